The van der Waals surface area contributed by atoms with Gasteiger partial charge in [-0.25, -0.2) is 0 Å². The van der Waals surface area contributed by atoms with Gasteiger partial charge >= 0.3 is 0 Å². The van der Waals surface area contributed by atoms with E-state index in [2.05, 4.69) is 289 Å². The summed E-state index contributed by atoms with van der Waals surface area (Å²) in [7, 11) is 0. The number of benzene rings is 12. The summed E-state index contributed by atoms with van der Waals surface area (Å²) in [5.74, 6) is 0. The minimum absolute atomic E-state index is 0.663. The third kappa shape index (κ3) is 7.90. The fourth-order valence-corrected chi connectivity index (χ4v) is 10.0. The van der Waals surface area contributed by atoms with E-state index < -0.39 is 0 Å². The van der Waals surface area contributed by atoms with Crippen LogP contribution in [-0.4, -0.2) is 0 Å². The first-order chi connectivity index (χ1) is 34.7. The zero-order chi connectivity index (χ0) is 46.8. The van der Waals surface area contributed by atoms with Crippen molar-refractivity contribution in [1.82, 2.24) is 0 Å². The van der Waals surface area contributed by atoms with E-state index in [1.807, 2.05) is 0 Å². The number of nitrogens with zero attached hydrogens (tertiary/aromatic N) is 3. The third-order valence-corrected chi connectivity index (χ3v) is 13.4. The molecule has 0 amide bonds. The topological polar surface area (TPSA) is 30.3 Å². The fourth-order valence-electron chi connectivity index (χ4n) is 10.0. The van der Waals surface area contributed by atoms with Gasteiger partial charge in [-0.15, -0.1) is 0 Å². The van der Waals surface area contributed by atoms with Crippen LogP contribution in [-0.2, 0) is 0 Å². The maximum atomic E-state index is 10.5. The summed E-state index contributed by atoms with van der Waals surface area (Å²) in [4.78, 5) is 4.74. The quantitative estimate of drug-likeness (QED) is 0.128. The van der Waals surface area contributed by atoms with Gasteiger partial charge in [-0.2, -0.15) is 5.26 Å². The molecule has 70 heavy (non-hydrogen) atoms. The molecule has 12 aromatic rings. The van der Waals surface area contributed by atoms with Gasteiger partial charge in [0, 0.05) is 38.3 Å². The molecule has 0 atom stereocenters. The first-order valence-electron chi connectivity index (χ1n) is 23.7. The Morgan fingerprint density at radius 1 is 0.286 bits per heavy atom. The number of hydrogen-bond donors (Lipinski definition) is 0. The van der Waals surface area contributed by atoms with Gasteiger partial charge in [-0.3, -0.25) is 0 Å². The Hall–Kier alpha value is -9.49. The van der Waals surface area contributed by atoms with Crippen molar-refractivity contribution in [2.24, 2.45) is 0 Å². The van der Waals surface area contributed by atoms with Gasteiger partial charge < -0.3 is 9.80 Å². The van der Waals surface area contributed by atoms with Crippen LogP contribution < -0.4 is 9.80 Å². The second-order valence-corrected chi connectivity index (χ2v) is 17.6. The van der Waals surface area contributed by atoms with E-state index in [1.54, 1.807) is 0 Å². The molecule has 0 spiro atoms. The van der Waals surface area contributed by atoms with Crippen LogP contribution >= 0.6 is 0 Å². The van der Waals surface area contributed by atoms with Crippen LogP contribution in [0.2, 0.25) is 0 Å². The molecule has 0 aromatic heterocycles. The summed E-state index contributed by atoms with van der Waals surface area (Å²) in [5.41, 5.74) is 11.4. The first kappa shape index (κ1) is 41.9. The number of rotatable bonds is 10. The lowest BCUT2D eigenvalue weighted by molar-refractivity contribution is 1.31. The van der Waals surface area contributed by atoms with Crippen molar-refractivity contribution < 1.29 is 0 Å². The van der Waals surface area contributed by atoms with Crippen LogP contribution in [0.3, 0.4) is 0 Å². The maximum absolute atomic E-state index is 10.5. The Morgan fingerprint density at radius 2 is 0.643 bits per heavy atom. The lowest BCUT2D eigenvalue weighted by Gasteiger charge is -2.28. The molecule has 328 valence electrons. The van der Waals surface area contributed by atoms with E-state index >= 15 is 0 Å². The zero-order valence-electron chi connectivity index (χ0n) is 38.3. The number of anilines is 6. The van der Waals surface area contributed by atoms with Crippen LogP contribution in [0.4, 0.5) is 34.1 Å². The molecular formula is C67H45N3. The summed E-state index contributed by atoms with van der Waals surface area (Å²) < 4.78 is 0. The SMILES string of the molecule is N#Cc1c(C=Cc2ccc(N(c3cccc4ccccc34)c3cccc4ccccc34)cc2)ccc2cc(C=Cc3ccc(N(c4cccc5ccccc45)c4cccc5ccccc45)cc3)ccc12. The summed E-state index contributed by atoms with van der Waals surface area (Å²) in [6.45, 7) is 0. The highest BCUT2D eigenvalue weighted by molar-refractivity contribution is 6.06. The molecule has 0 saturated carbocycles. The average Bonchev–Trinajstić information content (AvgIpc) is 3.42. The molecule has 0 fully saturated rings. The molecule has 0 unspecified atom stereocenters. The molecular weight excluding hydrogens is 847 g/mol. The van der Waals surface area contributed by atoms with Gasteiger partial charge in [-0.1, -0.05) is 218 Å². The van der Waals surface area contributed by atoms with Crippen molar-refractivity contribution >= 4 is 112 Å². The first-order valence-corrected chi connectivity index (χ1v) is 23.7. The summed E-state index contributed by atoms with van der Waals surface area (Å²) in [5, 5.41) is 22.0. The Kier molecular flexibility index (Phi) is 11.0. The second kappa shape index (κ2) is 18.3. The Morgan fingerprint density at radius 3 is 1.06 bits per heavy atom. The van der Waals surface area contributed by atoms with E-state index in [-0.39, 0.29) is 0 Å². The van der Waals surface area contributed by atoms with E-state index in [0.29, 0.717) is 5.56 Å². The lowest BCUT2D eigenvalue weighted by Crippen LogP contribution is -2.11. The monoisotopic (exact) mass is 891 g/mol. The van der Waals surface area contributed by atoms with Crippen molar-refractivity contribution in [3.05, 3.63) is 277 Å². The predicted octanol–water partition coefficient (Wildman–Crippen LogP) is 18.6. The Bertz CT molecular complexity index is 3850. The molecule has 0 N–H and O–H groups in total. The minimum Gasteiger partial charge on any atom is -0.309 e. The molecule has 3 nitrogen and oxygen atoms in total. The molecule has 0 aliphatic heterocycles. The molecule has 12 aromatic carbocycles. The van der Waals surface area contributed by atoms with Gasteiger partial charge in [0.2, 0.25) is 0 Å². The highest BCUT2D eigenvalue weighted by atomic mass is 15.2. The zero-order valence-corrected chi connectivity index (χ0v) is 38.3. The normalized spacial score (nSPS) is 11.6. The van der Waals surface area contributed by atoms with Gasteiger partial charge in [0.1, 0.15) is 6.07 Å². The highest BCUT2D eigenvalue weighted by Gasteiger charge is 2.19. The third-order valence-electron chi connectivity index (χ3n) is 13.4. The average molecular weight is 892 g/mol. The van der Waals surface area contributed by atoms with Crippen LogP contribution in [0.5, 0.6) is 0 Å². The molecule has 0 heterocycles. The number of fused-ring (bicyclic) bond motifs is 5. The maximum Gasteiger partial charge on any atom is 0.100 e. The van der Waals surface area contributed by atoms with Crippen molar-refractivity contribution in [2.45, 2.75) is 0 Å². The van der Waals surface area contributed by atoms with E-state index in [9.17, 15) is 5.26 Å². The van der Waals surface area contributed by atoms with Crippen molar-refractivity contribution in [3.8, 4) is 6.07 Å². The van der Waals surface area contributed by atoms with E-state index in [1.165, 1.54) is 43.1 Å². The standard InChI is InChI=1S/C67H45N3/c68-46-63-54(37-31-48-34-42-57(43-35-48)70(66-27-11-19-52-15-3-7-23-61(52)66)67-28-12-20-53-16-4-8-24-62(53)67)38-39-55-45-49(36-44-58(55)63)30-29-47-32-40-56(41-33-47)69(64-25-9-17-50-13-1-5-21-59(50)64)65-26-10-18-51-14-2-6-22-60(51)65/h1-45H. The minimum atomic E-state index is 0.663. The second-order valence-electron chi connectivity index (χ2n) is 17.6. The van der Waals surface area contributed by atoms with Gasteiger partial charge in [0.25, 0.3) is 0 Å². The van der Waals surface area contributed by atoms with Crippen LogP contribution in [0.25, 0.3) is 78.2 Å². The fraction of sp³-hybridized carbons (Fsp3) is 0. The number of hydrogen-bond acceptors (Lipinski definition) is 3. The van der Waals surface area contributed by atoms with Gasteiger partial charge in [0.15, 0.2) is 0 Å². The smallest absolute Gasteiger partial charge is 0.100 e. The number of nitriles is 1. The van der Waals surface area contributed by atoms with Crippen LogP contribution in [0.15, 0.2) is 249 Å². The van der Waals surface area contributed by atoms with E-state index in [4.69, 9.17) is 0 Å². The van der Waals surface area contributed by atoms with E-state index in [0.717, 1.165) is 67.2 Å². The van der Waals surface area contributed by atoms with Crippen molar-refractivity contribution in [3.63, 3.8) is 0 Å². The van der Waals surface area contributed by atoms with Crippen LogP contribution in [0, 0.1) is 11.3 Å². The van der Waals surface area contributed by atoms with Gasteiger partial charge in [-0.05, 0) is 104 Å². The summed E-state index contributed by atoms with van der Waals surface area (Å²) in [6, 6.07) is 90.8. The molecule has 0 aliphatic carbocycles. The molecule has 0 bridgehead atoms. The van der Waals surface area contributed by atoms with Crippen molar-refractivity contribution in [1.29, 1.82) is 5.26 Å². The molecule has 12 rings (SSSR count). The summed E-state index contributed by atoms with van der Waals surface area (Å²) >= 11 is 0. The largest absolute Gasteiger partial charge is 0.309 e. The molecule has 0 saturated heterocycles. The Balaban J connectivity index is 0.809. The predicted molar refractivity (Wildman–Crippen MR) is 299 cm³/mol. The molecule has 3 heteroatoms. The lowest BCUT2D eigenvalue weighted by atomic mass is 9.97. The van der Waals surface area contributed by atoms with Gasteiger partial charge in [0.05, 0.1) is 28.3 Å². The molecule has 0 aliphatic rings. The summed E-state index contributed by atoms with van der Waals surface area (Å²) in [6.07, 6.45) is 8.45. The highest BCUT2D eigenvalue weighted by Crippen LogP contribution is 2.44. The van der Waals surface area contributed by atoms with Crippen molar-refractivity contribution in [2.75, 3.05) is 9.80 Å². The van der Waals surface area contributed by atoms with Crippen LogP contribution in [0.1, 0.15) is 27.8 Å². The molecule has 0 radical (unpaired) electrons. The Labute approximate surface area is 408 Å².